The zero-order valence-electron chi connectivity index (χ0n) is 6.54. The van der Waals surface area contributed by atoms with Crippen LogP contribution in [0, 0.1) is 0 Å². The molecule has 1 unspecified atom stereocenters. The first-order valence-corrected chi connectivity index (χ1v) is 3.67. The molecule has 0 radical (unpaired) electrons. The highest BCUT2D eigenvalue weighted by Gasteiger charge is 2.21. The summed E-state index contributed by atoms with van der Waals surface area (Å²) in [7, 11) is 1.78. The molecule has 1 atom stereocenters. The van der Waals surface area contributed by atoms with E-state index in [1.807, 2.05) is 0 Å². The maximum absolute atomic E-state index is 11.0. The Hall–Kier alpha value is -1.06. The summed E-state index contributed by atoms with van der Waals surface area (Å²) in [6.45, 7) is 0.740. The fourth-order valence-corrected chi connectivity index (χ4v) is 1.18. The van der Waals surface area contributed by atoms with Gasteiger partial charge >= 0.3 is 0 Å². The van der Waals surface area contributed by atoms with Crippen molar-refractivity contribution in [1.29, 1.82) is 0 Å². The number of nitrogens with zero attached hydrogens (tertiary/aromatic N) is 1. The predicted molar refractivity (Wildman–Crippen MR) is 39.9 cm³/mol. The van der Waals surface area contributed by atoms with E-state index in [1.54, 1.807) is 11.9 Å². The third-order valence-electron chi connectivity index (χ3n) is 1.96. The summed E-state index contributed by atoms with van der Waals surface area (Å²) in [5, 5.41) is 2.61. The molecule has 1 fully saturated rings. The first-order valence-electron chi connectivity index (χ1n) is 3.67. The molecule has 4 nitrogen and oxygen atoms in total. The van der Waals surface area contributed by atoms with E-state index in [9.17, 15) is 9.59 Å². The third kappa shape index (κ3) is 1.93. The molecule has 0 spiro atoms. The van der Waals surface area contributed by atoms with Crippen LogP contribution in [-0.2, 0) is 9.59 Å². The molecule has 4 heteroatoms. The molecule has 0 aromatic rings. The quantitative estimate of drug-likeness (QED) is 0.540. The first kappa shape index (κ1) is 8.04. The fraction of sp³-hybridized carbons (Fsp3) is 0.714. The summed E-state index contributed by atoms with van der Waals surface area (Å²) in [6.07, 6.45) is 1.96. The normalized spacial score (nSPS) is 25.0. The number of likely N-dealkylation sites (tertiary alicyclic amines) is 1. The number of carbonyl (C=O) groups excluding carboxylic acids is 2. The van der Waals surface area contributed by atoms with Gasteiger partial charge in [0, 0.05) is 26.1 Å². The lowest BCUT2D eigenvalue weighted by atomic mass is 10.1. The number of piperidine rings is 1. The molecule has 0 aliphatic carbocycles. The first-order chi connectivity index (χ1) is 5.24. The Bertz CT molecular complexity index is 170. The number of hydrogen-bond donors (Lipinski definition) is 1. The largest absolute Gasteiger partial charge is 0.355 e. The minimum absolute atomic E-state index is 0.0520. The number of hydrogen-bond acceptors (Lipinski definition) is 2. The lowest BCUT2D eigenvalue weighted by Gasteiger charge is -2.27. The Morgan fingerprint density at radius 2 is 2.45 bits per heavy atom. The van der Waals surface area contributed by atoms with Gasteiger partial charge in [0.15, 0.2) is 0 Å². The summed E-state index contributed by atoms with van der Waals surface area (Å²) in [6, 6.07) is 0.0520. The molecule has 1 heterocycles. The molecule has 1 aliphatic heterocycles. The van der Waals surface area contributed by atoms with Crippen molar-refractivity contribution in [3.8, 4) is 0 Å². The minimum Gasteiger partial charge on any atom is -0.355 e. The third-order valence-corrected chi connectivity index (χ3v) is 1.96. The van der Waals surface area contributed by atoms with E-state index in [-0.39, 0.29) is 11.9 Å². The molecule has 1 aliphatic rings. The number of rotatable bonds is 2. The molecule has 1 rings (SSSR count). The Labute approximate surface area is 65.6 Å². The summed E-state index contributed by atoms with van der Waals surface area (Å²) in [4.78, 5) is 22.8. The second-order valence-corrected chi connectivity index (χ2v) is 2.79. The second kappa shape index (κ2) is 3.37. The molecule has 1 N–H and O–H groups in total. The van der Waals surface area contributed by atoms with Crippen molar-refractivity contribution in [2.24, 2.45) is 0 Å². The van der Waals surface area contributed by atoms with Crippen molar-refractivity contribution in [3.05, 3.63) is 0 Å². The lowest BCUT2D eigenvalue weighted by Crippen LogP contribution is -2.43. The van der Waals surface area contributed by atoms with Crippen LogP contribution in [0.25, 0.3) is 0 Å². The van der Waals surface area contributed by atoms with Gasteiger partial charge in [0.2, 0.25) is 12.3 Å². The maximum Gasteiger partial charge on any atom is 0.224 e. The standard InChI is InChI=1S/C7H12N2O2/c1-9-3-2-6(8-5-10)4-7(9)11/h5-6H,2-4H2,1H3,(H,8,10). The van der Waals surface area contributed by atoms with Crippen molar-refractivity contribution in [2.45, 2.75) is 18.9 Å². The average Bonchev–Trinajstić information content (AvgIpc) is 1.98. The van der Waals surface area contributed by atoms with E-state index in [2.05, 4.69) is 5.32 Å². The highest BCUT2D eigenvalue weighted by Crippen LogP contribution is 2.08. The topological polar surface area (TPSA) is 49.4 Å². The molecule has 0 saturated carbocycles. The molecule has 62 valence electrons. The van der Waals surface area contributed by atoms with Crippen LogP contribution in [0.5, 0.6) is 0 Å². The van der Waals surface area contributed by atoms with Crippen LogP contribution in [-0.4, -0.2) is 36.9 Å². The highest BCUT2D eigenvalue weighted by atomic mass is 16.2. The van der Waals surface area contributed by atoms with Crippen LogP contribution in [0.1, 0.15) is 12.8 Å². The van der Waals surface area contributed by atoms with E-state index < -0.39 is 0 Å². The van der Waals surface area contributed by atoms with Gasteiger partial charge in [0.25, 0.3) is 0 Å². The predicted octanol–water partition coefficient (Wildman–Crippen LogP) is -0.647. The maximum atomic E-state index is 11.0. The number of carbonyl (C=O) groups is 2. The van der Waals surface area contributed by atoms with Crippen LogP contribution < -0.4 is 5.32 Å². The Kier molecular flexibility index (Phi) is 2.46. The van der Waals surface area contributed by atoms with Gasteiger partial charge in [0.1, 0.15) is 0 Å². The van der Waals surface area contributed by atoms with Gasteiger partial charge in [-0.3, -0.25) is 9.59 Å². The van der Waals surface area contributed by atoms with Gasteiger partial charge < -0.3 is 10.2 Å². The molecule has 0 bridgehead atoms. The Morgan fingerprint density at radius 3 is 3.00 bits per heavy atom. The van der Waals surface area contributed by atoms with Crippen LogP contribution >= 0.6 is 0 Å². The summed E-state index contributed by atoms with van der Waals surface area (Å²) in [5.74, 6) is 0.107. The van der Waals surface area contributed by atoms with Crippen LogP contribution in [0.2, 0.25) is 0 Å². The number of amides is 2. The monoisotopic (exact) mass is 156 g/mol. The molecule has 0 aromatic carbocycles. The Morgan fingerprint density at radius 1 is 1.73 bits per heavy atom. The van der Waals surface area contributed by atoms with E-state index in [4.69, 9.17) is 0 Å². The van der Waals surface area contributed by atoms with Gasteiger partial charge in [0.05, 0.1) is 0 Å². The molecule has 11 heavy (non-hydrogen) atoms. The van der Waals surface area contributed by atoms with Crippen molar-refractivity contribution in [1.82, 2.24) is 10.2 Å². The average molecular weight is 156 g/mol. The SMILES string of the molecule is CN1CCC(NC=O)CC1=O. The van der Waals surface area contributed by atoms with E-state index in [1.165, 1.54) is 0 Å². The second-order valence-electron chi connectivity index (χ2n) is 2.79. The smallest absolute Gasteiger partial charge is 0.224 e. The zero-order valence-corrected chi connectivity index (χ0v) is 6.54. The van der Waals surface area contributed by atoms with Gasteiger partial charge in [-0.25, -0.2) is 0 Å². The highest BCUT2D eigenvalue weighted by molar-refractivity contribution is 5.77. The van der Waals surface area contributed by atoms with Crippen LogP contribution in [0.3, 0.4) is 0 Å². The molecule has 2 amide bonds. The van der Waals surface area contributed by atoms with Crippen molar-refractivity contribution in [2.75, 3.05) is 13.6 Å². The molecular formula is C7H12N2O2. The van der Waals surface area contributed by atoms with E-state index in [0.29, 0.717) is 12.8 Å². The van der Waals surface area contributed by atoms with Crippen molar-refractivity contribution in [3.63, 3.8) is 0 Å². The van der Waals surface area contributed by atoms with Gasteiger partial charge in [-0.1, -0.05) is 0 Å². The van der Waals surface area contributed by atoms with Gasteiger partial charge in [-0.15, -0.1) is 0 Å². The van der Waals surface area contributed by atoms with Gasteiger partial charge in [-0.2, -0.15) is 0 Å². The molecular weight excluding hydrogens is 144 g/mol. The summed E-state index contributed by atoms with van der Waals surface area (Å²) < 4.78 is 0. The Balaban J connectivity index is 2.39. The van der Waals surface area contributed by atoms with E-state index in [0.717, 1.165) is 13.0 Å². The van der Waals surface area contributed by atoms with Crippen molar-refractivity contribution < 1.29 is 9.59 Å². The van der Waals surface area contributed by atoms with Crippen molar-refractivity contribution >= 4 is 12.3 Å². The fourth-order valence-electron chi connectivity index (χ4n) is 1.18. The molecule has 1 saturated heterocycles. The molecule has 0 aromatic heterocycles. The summed E-state index contributed by atoms with van der Waals surface area (Å²) >= 11 is 0. The van der Waals surface area contributed by atoms with Crippen LogP contribution in [0.4, 0.5) is 0 Å². The lowest BCUT2D eigenvalue weighted by molar-refractivity contribution is -0.132. The minimum atomic E-state index is 0.0520. The summed E-state index contributed by atoms with van der Waals surface area (Å²) in [5.41, 5.74) is 0. The number of nitrogens with one attached hydrogen (secondary N) is 1. The van der Waals surface area contributed by atoms with E-state index >= 15 is 0 Å². The zero-order chi connectivity index (χ0) is 8.27. The van der Waals surface area contributed by atoms with Gasteiger partial charge in [-0.05, 0) is 6.42 Å². The van der Waals surface area contributed by atoms with Crippen LogP contribution in [0.15, 0.2) is 0 Å².